The number of aromatic nitrogens is 3. The summed E-state index contributed by atoms with van der Waals surface area (Å²) in [7, 11) is 2.98. The first-order valence-electron chi connectivity index (χ1n) is 7.42. The van der Waals surface area contributed by atoms with E-state index < -0.39 is 0 Å². The Bertz CT molecular complexity index is 953. The van der Waals surface area contributed by atoms with E-state index in [4.69, 9.17) is 61.6 Å². The first-order valence-corrected chi connectivity index (χ1v) is 8.93. The topological polar surface area (TPSA) is 83.2 Å². The Hall–Kier alpha value is -1.99. The maximum Gasteiger partial charge on any atom is 0.224 e. The standard InChI is InChI=1S/C17H12Cl4N4O2/c1-26-13-3-7(9(18)5-11(13)20)15-23-16(25-17(22)24-15)8-4-14(27-2)12(21)6-10(8)19/h3-6H,1-2H3,(H2,22,23,24,25). The highest BCUT2D eigenvalue weighted by Crippen LogP contribution is 2.38. The van der Waals surface area contributed by atoms with Gasteiger partial charge in [-0.3, -0.25) is 0 Å². The molecule has 2 N–H and O–H groups in total. The number of halogens is 4. The summed E-state index contributed by atoms with van der Waals surface area (Å²) in [6.45, 7) is 0. The fourth-order valence-corrected chi connectivity index (χ4v) is 3.44. The van der Waals surface area contributed by atoms with Crippen molar-refractivity contribution in [2.75, 3.05) is 20.0 Å². The average molecular weight is 446 g/mol. The molecule has 0 amide bonds. The molecule has 140 valence electrons. The first kappa shape index (κ1) is 19.8. The van der Waals surface area contributed by atoms with E-state index in [1.807, 2.05) is 0 Å². The molecule has 0 aliphatic heterocycles. The van der Waals surface area contributed by atoms with Crippen LogP contribution in [0.3, 0.4) is 0 Å². The molecular weight excluding hydrogens is 434 g/mol. The predicted molar refractivity (Wildman–Crippen MR) is 108 cm³/mol. The van der Waals surface area contributed by atoms with Crippen LogP contribution in [-0.4, -0.2) is 29.2 Å². The van der Waals surface area contributed by atoms with Crippen molar-refractivity contribution in [2.45, 2.75) is 0 Å². The van der Waals surface area contributed by atoms with Gasteiger partial charge >= 0.3 is 0 Å². The van der Waals surface area contributed by atoms with E-state index in [9.17, 15) is 0 Å². The lowest BCUT2D eigenvalue weighted by Crippen LogP contribution is -2.03. The fraction of sp³-hybridized carbons (Fsp3) is 0.118. The van der Waals surface area contributed by atoms with Crippen LogP contribution >= 0.6 is 46.4 Å². The van der Waals surface area contributed by atoms with Gasteiger partial charge in [-0.15, -0.1) is 0 Å². The molecule has 0 aliphatic rings. The lowest BCUT2D eigenvalue weighted by molar-refractivity contribution is 0.415. The molecule has 6 nitrogen and oxygen atoms in total. The molecule has 0 aliphatic carbocycles. The molecule has 0 saturated carbocycles. The average Bonchev–Trinajstić information content (AvgIpc) is 2.61. The SMILES string of the molecule is COc1cc(-c2nc(N)nc(-c3cc(OC)c(Cl)cc3Cl)n2)c(Cl)cc1Cl. The van der Waals surface area contributed by atoms with Gasteiger partial charge < -0.3 is 15.2 Å². The molecule has 0 saturated heterocycles. The molecule has 3 aromatic rings. The molecule has 3 rings (SSSR count). The van der Waals surface area contributed by atoms with Crippen LogP contribution < -0.4 is 15.2 Å². The van der Waals surface area contributed by atoms with Gasteiger partial charge in [0.2, 0.25) is 5.95 Å². The van der Waals surface area contributed by atoms with Gasteiger partial charge in [0.05, 0.1) is 34.3 Å². The Balaban J connectivity index is 2.20. The Morgan fingerprint density at radius 2 is 1.07 bits per heavy atom. The van der Waals surface area contributed by atoms with Gasteiger partial charge in [0.25, 0.3) is 0 Å². The molecule has 0 bridgehead atoms. The second-order valence-electron chi connectivity index (χ2n) is 5.27. The third-order valence-corrected chi connectivity index (χ3v) is 4.83. The van der Waals surface area contributed by atoms with Crippen LogP contribution in [0, 0.1) is 0 Å². The number of benzene rings is 2. The molecule has 0 fully saturated rings. The summed E-state index contributed by atoms with van der Waals surface area (Å²) < 4.78 is 10.4. The summed E-state index contributed by atoms with van der Waals surface area (Å²) in [6.07, 6.45) is 0. The van der Waals surface area contributed by atoms with Gasteiger partial charge in [-0.1, -0.05) is 46.4 Å². The minimum atomic E-state index is -0.00929. The van der Waals surface area contributed by atoms with E-state index in [2.05, 4.69) is 15.0 Å². The number of hydrogen-bond acceptors (Lipinski definition) is 6. The normalized spacial score (nSPS) is 10.7. The number of hydrogen-bond donors (Lipinski definition) is 1. The number of nitrogens with zero attached hydrogens (tertiary/aromatic N) is 3. The van der Waals surface area contributed by atoms with Crippen molar-refractivity contribution in [3.05, 3.63) is 44.4 Å². The maximum absolute atomic E-state index is 6.30. The zero-order valence-corrected chi connectivity index (χ0v) is 17.1. The molecule has 27 heavy (non-hydrogen) atoms. The maximum atomic E-state index is 6.30. The van der Waals surface area contributed by atoms with Gasteiger partial charge in [-0.2, -0.15) is 9.97 Å². The largest absolute Gasteiger partial charge is 0.495 e. The quantitative estimate of drug-likeness (QED) is 0.577. The molecular formula is C17H12Cl4N4O2. The molecule has 10 heteroatoms. The summed E-state index contributed by atoms with van der Waals surface area (Å²) in [5.41, 5.74) is 6.83. The summed E-state index contributed by atoms with van der Waals surface area (Å²) in [4.78, 5) is 12.8. The minimum absolute atomic E-state index is 0.00929. The molecule has 0 unspecified atom stereocenters. The van der Waals surface area contributed by atoms with Crippen LogP contribution in [0.1, 0.15) is 0 Å². The van der Waals surface area contributed by atoms with Crippen LogP contribution in [0.4, 0.5) is 5.95 Å². The van der Waals surface area contributed by atoms with E-state index in [0.717, 1.165) is 0 Å². The fourth-order valence-electron chi connectivity index (χ4n) is 2.35. The zero-order chi connectivity index (χ0) is 19.7. The van der Waals surface area contributed by atoms with E-state index in [1.165, 1.54) is 26.4 Å². The molecule has 0 radical (unpaired) electrons. The summed E-state index contributed by atoms with van der Waals surface area (Å²) in [6, 6.07) is 6.31. The second-order valence-corrected chi connectivity index (χ2v) is 6.90. The van der Waals surface area contributed by atoms with Crippen molar-refractivity contribution < 1.29 is 9.47 Å². The number of rotatable bonds is 4. The number of anilines is 1. The van der Waals surface area contributed by atoms with Gasteiger partial charge in [-0.25, -0.2) is 4.98 Å². The van der Waals surface area contributed by atoms with Crippen LogP contribution in [0.5, 0.6) is 11.5 Å². The smallest absolute Gasteiger partial charge is 0.224 e. The number of methoxy groups -OCH3 is 2. The highest BCUT2D eigenvalue weighted by Gasteiger charge is 2.17. The Labute approximate surface area is 175 Å². The van der Waals surface area contributed by atoms with E-state index >= 15 is 0 Å². The Morgan fingerprint density at radius 1 is 0.667 bits per heavy atom. The van der Waals surface area contributed by atoms with E-state index in [1.54, 1.807) is 12.1 Å². The molecule has 0 spiro atoms. The summed E-state index contributed by atoms with van der Waals surface area (Å²) in [5, 5.41) is 1.38. The summed E-state index contributed by atoms with van der Waals surface area (Å²) >= 11 is 24.8. The van der Waals surface area contributed by atoms with Crippen molar-refractivity contribution in [3.63, 3.8) is 0 Å². The van der Waals surface area contributed by atoms with Crippen LogP contribution in [0.15, 0.2) is 24.3 Å². The second kappa shape index (κ2) is 7.94. The first-order chi connectivity index (χ1) is 12.8. The Kier molecular flexibility index (Phi) is 5.81. The van der Waals surface area contributed by atoms with Crippen LogP contribution in [-0.2, 0) is 0 Å². The van der Waals surface area contributed by atoms with Gasteiger partial charge in [0, 0.05) is 11.1 Å². The van der Waals surface area contributed by atoms with Crippen molar-refractivity contribution in [2.24, 2.45) is 0 Å². The highest BCUT2D eigenvalue weighted by molar-refractivity contribution is 6.37. The van der Waals surface area contributed by atoms with E-state index in [-0.39, 0.29) is 17.6 Å². The lowest BCUT2D eigenvalue weighted by Gasteiger charge is -2.11. The number of nitrogen functional groups attached to an aromatic ring is 1. The molecule has 1 aromatic heterocycles. The van der Waals surface area contributed by atoms with Crippen molar-refractivity contribution in [1.82, 2.24) is 15.0 Å². The number of ether oxygens (including phenoxy) is 2. The third-order valence-electron chi connectivity index (χ3n) is 3.62. The number of nitrogens with two attached hydrogens (primary N) is 1. The van der Waals surface area contributed by atoms with Crippen LogP contribution in [0.2, 0.25) is 20.1 Å². The van der Waals surface area contributed by atoms with E-state index in [0.29, 0.717) is 42.7 Å². The highest BCUT2D eigenvalue weighted by atomic mass is 35.5. The minimum Gasteiger partial charge on any atom is -0.495 e. The van der Waals surface area contributed by atoms with Crippen LogP contribution in [0.25, 0.3) is 22.8 Å². The molecule has 1 heterocycles. The van der Waals surface area contributed by atoms with Gasteiger partial charge in [-0.05, 0) is 24.3 Å². The van der Waals surface area contributed by atoms with Crippen molar-refractivity contribution in [3.8, 4) is 34.3 Å². The van der Waals surface area contributed by atoms with Crippen molar-refractivity contribution >= 4 is 52.4 Å². The predicted octanol–water partition coefficient (Wildman–Crippen LogP) is 5.42. The third kappa shape index (κ3) is 3.99. The van der Waals surface area contributed by atoms with Gasteiger partial charge in [0.15, 0.2) is 11.6 Å². The monoisotopic (exact) mass is 444 g/mol. The molecule has 2 aromatic carbocycles. The Morgan fingerprint density at radius 3 is 1.44 bits per heavy atom. The van der Waals surface area contributed by atoms with Crippen molar-refractivity contribution in [1.29, 1.82) is 0 Å². The molecule has 0 atom stereocenters. The summed E-state index contributed by atoms with van der Waals surface area (Å²) in [5.74, 6) is 1.31. The van der Waals surface area contributed by atoms with Gasteiger partial charge in [0.1, 0.15) is 11.5 Å². The zero-order valence-electron chi connectivity index (χ0n) is 14.1. The lowest BCUT2D eigenvalue weighted by atomic mass is 10.1.